The fourth-order valence-corrected chi connectivity index (χ4v) is 1.87. The molecule has 78 valence electrons. The molecule has 2 heterocycles. The van der Waals surface area contributed by atoms with Crippen LogP contribution in [0.4, 0.5) is 0 Å². The van der Waals surface area contributed by atoms with Crippen LogP contribution in [0.5, 0.6) is 0 Å². The first-order valence-electron chi connectivity index (χ1n) is 4.53. The van der Waals surface area contributed by atoms with E-state index in [1.165, 1.54) is 0 Å². The third kappa shape index (κ3) is 1.74. The number of rotatable bonds is 2. The zero-order valence-electron chi connectivity index (χ0n) is 8.11. The maximum absolute atomic E-state index is 11.6. The number of ether oxygens (including phenoxy) is 1. The zero-order valence-corrected chi connectivity index (χ0v) is 9.69. The van der Waals surface area contributed by atoms with Gasteiger partial charge in [-0.25, -0.2) is 9.31 Å². The number of hydrogen-bond acceptors (Lipinski definition) is 3. The number of carbonyl (C=O) groups is 1. The Morgan fingerprint density at radius 3 is 3.20 bits per heavy atom. The van der Waals surface area contributed by atoms with Gasteiger partial charge in [0, 0.05) is 10.7 Å². The fourth-order valence-electron chi connectivity index (χ4n) is 1.35. The van der Waals surface area contributed by atoms with E-state index in [2.05, 4.69) is 21.0 Å². The van der Waals surface area contributed by atoms with Gasteiger partial charge in [-0.3, -0.25) is 0 Å². The van der Waals surface area contributed by atoms with Crippen LogP contribution < -0.4 is 0 Å². The first kappa shape index (κ1) is 10.2. The first-order valence-corrected chi connectivity index (χ1v) is 5.32. The van der Waals surface area contributed by atoms with Gasteiger partial charge in [-0.2, -0.15) is 5.10 Å². The molecule has 0 saturated carbocycles. The summed E-state index contributed by atoms with van der Waals surface area (Å²) in [5.41, 5.74) is 1.28. The lowest BCUT2D eigenvalue weighted by Gasteiger charge is -2.00. The van der Waals surface area contributed by atoms with Gasteiger partial charge in [0.2, 0.25) is 0 Å². The second kappa shape index (κ2) is 4.02. The van der Waals surface area contributed by atoms with Crippen molar-refractivity contribution in [2.75, 3.05) is 6.61 Å². The topological polar surface area (TPSA) is 43.6 Å². The minimum atomic E-state index is -0.364. The molecule has 0 N–H and O–H groups in total. The summed E-state index contributed by atoms with van der Waals surface area (Å²) in [7, 11) is 0. The highest BCUT2D eigenvalue weighted by Crippen LogP contribution is 2.21. The van der Waals surface area contributed by atoms with Gasteiger partial charge in [-0.15, -0.1) is 0 Å². The Morgan fingerprint density at radius 2 is 2.47 bits per heavy atom. The molecule has 2 aromatic heterocycles. The molecule has 0 fully saturated rings. The molecular weight excluding hydrogens is 260 g/mol. The average Bonchev–Trinajstić information content (AvgIpc) is 2.58. The van der Waals surface area contributed by atoms with Crippen LogP contribution in [0.25, 0.3) is 5.52 Å². The second-order valence-electron chi connectivity index (χ2n) is 2.92. The lowest BCUT2D eigenvalue weighted by atomic mass is 10.4. The van der Waals surface area contributed by atoms with Crippen molar-refractivity contribution in [3.8, 4) is 0 Å². The molecule has 2 aromatic rings. The third-order valence-electron chi connectivity index (χ3n) is 1.97. The predicted molar refractivity (Wildman–Crippen MR) is 58.8 cm³/mol. The van der Waals surface area contributed by atoms with Gasteiger partial charge in [0.25, 0.3) is 0 Å². The van der Waals surface area contributed by atoms with Crippen LogP contribution in [0.3, 0.4) is 0 Å². The van der Waals surface area contributed by atoms with Crippen LogP contribution >= 0.6 is 15.9 Å². The Hall–Kier alpha value is -1.36. The minimum Gasteiger partial charge on any atom is -0.461 e. The lowest BCUT2D eigenvalue weighted by Crippen LogP contribution is -2.09. The standard InChI is InChI=1S/C10H9BrN2O2/c1-2-15-10(14)9-6-7(11)8-4-3-5-12-13(8)9/h3-6H,2H2,1H3. The van der Waals surface area contributed by atoms with Crippen molar-refractivity contribution >= 4 is 27.4 Å². The van der Waals surface area contributed by atoms with E-state index in [4.69, 9.17) is 4.74 Å². The quantitative estimate of drug-likeness (QED) is 0.785. The van der Waals surface area contributed by atoms with E-state index >= 15 is 0 Å². The van der Waals surface area contributed by atoms with Gasteiger partial charge in [0.1, 0.15) is 0 Å². The van der Waals surface area contributed by atoms with Crippen LogP contribution in [-0.4, -0.2) is 22.2 Å². The summed E-state index contributed by atoms with van der Waals surface area (Å²) >= 11 is 3.37. The highest BCUT2D eigenvalue weighted by Gasteiger charge is 2.15. The van der Waals surface area contributed by atoms with Crippen molar-refractivity contribution in [1.82, 2.24) is 9.61 Å². The Labute approximate surface area is 95.0 Å². The Balaban J connectivity index is 2.57. The van der Waals surface area contributed by atoms with Crippen molar-refractivity contribution in [3.63, 3.8) is 0 Å². The second-order valence-corrected chi connectivity index (χ2v) is 3.77. The smallest absolute Gasteiger partial charge is 0.357 e. The predicted octanol–water partition coefficient (Wildman–Crippen LogP) is 2.27. The molecule has 0 aliphatic heterocycles. The fraction of sp³-hybridized carbons (Fsp3) is 0.200. The van der Waals surface area contributed by atoms with E-state index in [-0.39, 0.29) is 5.97 Å². The summed E-state index contributed by atoms with van der Waals surface area (Å²) in [6.45, 7) is 2.13. The third-order valence-corrected chi connectivity index (χ3v) is 2.61. The van der Waals surface area contributed by atoms with Crippen molar-refractivity contribution in [1.29, 1.82) is 0 Å². The highest BCUT2D eigenvalue weighted by molar-refractivity contribution is 9.10. The summed E-state index contributed by atoms with van der Waals surface area (Å²) in [4.78, 5) is 11.6. The Morgan fingerprint density at radius 1 is 1.67 bits per heavy atom. The maximum atomic E-state index is 11.6. The summed E-state index contributed by atoms with van der Waals surface area (Å²) in [6, 6.07) is 5.40. The molecule has 15 heavy (non-hydrogen) atoms. The van der Waals surface area contributed by atoms with Gasteiger partial charge >= 0.3 is 5.97 Å². The number of nitrogens with zero attached hydrogens (tertiary/aromatic N) is 2. The van der Waals surface area contributed by atoms with Crippen LogP contribution in [0.2, 0.25) is 0 Å². The van der Waals surface area contributed by atoms with Crippen LogP contribution in [0, 0.1) is 0 Å². The van der Waals surface area contributed by atoms with Gasteiger partial charge in [-0.05, 0) is 41.1 Å². The number of esters is 1. The molecule has 5 heteroatoms. The molecule has 2 rings (SSSR count). The lowest BCUT2D eigenvalue weighted by molar-refractivity contribution is 0.0517. The van der Waals surface area contributed by atoms with Gasteiger partial charge < -0.3 is 4.74 Å². The van der Waals surface area contributed by atoms with Gasteiger partial charge in [0.15, 0.2) is 5.69 Å². The summed E-state index contributed by atoms with van der Waals surface area (Å²) < 4.78 is 7.32. The Bertz CT molecular complexity index is 507. The number of aromatic nitrogens is 2. The van der Waals surface area contributed by atoms with Gasteiger partial charge in [-0.1, -0.05) is 0 Å². The Kier molecular flexibility index (Phi) is 2.73. The molecule has 0 spiro atoms. The molecule has 0 aliphatic rings. The van der Waals surface area contributed by atoms with E-state index in [0.29, 0.717) is 12.3 Å². The van der Waals surface area contributed by atoms with Gasteiger partial charge in [0.05, 0.1) is 12.1 Å². The van der Waals surface area contributed by atoms with Crippen molar-refractivity contribution in [2.45, 2.75) is 6.92 Å². The molecule has 0 amide bonds. The first-order chi connectivity index (χ1) is 7.24. The van der Waals surface area contributed by atoms with E-state index < -0.39 is 0 Å². The summed E-state index contributed by atoms with van der Waals surface area (Å²) in [6.07, 6.45) is 1.63. The minimum absolute atomic E-state index is 0.358. The maximum Gasteiger partial charge on any atom is 0.357 e. The van der Waals surface area contributed by atoms with E-state index in [1.54, 1.807) is 23.7 Å². The van der Waals surface area contributed by atoms with Crippen molar-refractivity contribution in [2.24, 2.45) is 0 Å². The van der Waals surface area contributed by atoms with Crippen LogP contribution in [0.1, 0.15) is 17.4 Å². The SMILES string of the molecule is CCOC(=O)c1cc(Br)c2cccnn12. The monoisotopic (exact) mass is 268 g/mol. The number of hydrogen-bond donors (Lipinski definition) is 0. The summed E-state index contributed by atoms with van der Waals surface area (Å²) in [5.74, 6) is -0.364. The van der Waals surface area contributed by atoms with Crippen LogP contribution in [-0.2, 0) is 4.74 Å². The molecule has 0 bridgehead atoms. The van der Waals surface area contributed by atoms with Crippen molar-refractivity contribution in [3.05, 3.63) is 34.6 Å². The molecule has 0 atom stereocenters. The molecule has 0 saturated heterocycles. The molecule has 4 nitrogen and oxygen atoms in total. The molecule has 0 aromatic carbocycles. The number of halogens is 1. The molecule has 0 aliphatic carbocycles. The van der Waals surface area contributed by atoms with Crippen molar-refractivity contribution < 1.29 is 9.53 Å². The average molecular weight is 269 g/mol. The molecule has 0 unspecified atom stereocenters. The zero-order chi connectivity index (χ0) is 10.8. The van der Waals surface area contributed by atoms with E-state index in [1.807, 2.05) is 12.1 Å². The number of carbonyl (C=O) groups excluding carboxylic acids is 1. The highest BCUT2D eigenvalue weighted by atomic mass is 79.9. The van der Waals surface area contributed by atoms with Crippen LogP contribution in [0.15, 0.2) is 28.9 Å². The molecular formula is C10H9BrN2O2. The summed E-state index contributed by atoms with van der Waals surface area (Å²) in [5, 5.41) is 4.09. The van der Waals surface area contributed by atoms with E-state index in [9.17, 15) is 4.79 Å². The molecule has 0 radical (unpaired) electrons. The normalized spacial score (nSPS) is 10.5. The largest absolute Gasteiger partial charge is 0.461 e. The van der Waals surface area contributed by atoms with E-state index in [0.717, 1.165) is 9.99 Å². The number of fused-ring (bicyclic) bond motifs is 1.